The van der Waals surface area contributed by atoms with Crippen LogP contribution >= 0.6 is 0 Å². The summed E-state index contributed by atoms with van der Waals surface area (Å²) in [4.78, 5) is 12.6. The Morgan fingerprint density at radius 3 is 2.79 bits per heavy atom. The number of nitrogens with one attached hydrogen (secondary N) is 1. The zero-order valence-corrected chi connectivity index (χ0v) is 13.2. The number of amides is 1. The van der Waals surface area contributed by atoms with Crippen molar-refractivity contribution in [2.75, 3.05) is 5.32 Å². The van der Waals surface area contributed by atoms with Crippen molar-refractivity contribution >= 4 is 33.4 Å². The summed E-state index contributed by atoms with van der Waals surface area (Å²) in [5.74, 6) is -0.153. The highest BCUT2D eigenvalue weighted by Crippen LogP contribution is 2.24. The van der Waals surface area contributed by atoms with Gasteiger partial charge < -0.3 is 5.32 Å². The molecule has 5 nitrogen and oxygen atoms in total. The van der Waals surface area contributed by atoms with Crippen LogP contribution in [0, 0.1) is 0 Å². The van der Waals surface area contributed by atoms with Gasteiger partial charge in [-0.3, -0.25) is 4.79 Å². The molecule has 0 atom stereocenters. The smallest absolute Gasteiger partial charge is 0.255 e. The summed E-state index contributed by atoms with van der Waals surface area (Å²) >= 11 is 0. The molecule has 24 heavy (non-hydrogen) atoms. The van der Waals surface area contributed by atoms with E-state index < -0.39 is 0 Å². The first-order valence-corrected chi connectivity index (χ1v) is 7.88. The molecule has 0 bridgehead atoms. The fourth-order valence-electron chi connectivity index (χ4n) is 2.88. The van der Waals surface area contributed by atoms with Gasteiger partial charge in [0, 0.05) is 23.2 Å². The Morgan fingerprint density at radius 1 is 1.08 bits per heavy atom. The zero-order chi connectivity index (χ0) is 16.5. The van der Waals surface area contributed by atoms with Crippen LogP contribution < -0.4 is 5.32 Å². The topological polar surface area (TPSA) is 59.8 Å². The van der Waals surface area contributed by atoms with E-state index in [0.29, 0.717) is 5.56 Å². The predicted octanol–water partition coefficient (Wildman–Crippen LogP) is 3.86. The average molecular weight is 316 g/mol. The molecule has 1 aromatic heterocycles. The number of hydrogen-bond acceptors (Lipinski definition) is 3. The molecule has 0 radical (unpaired) electrons. The van der Waals surface area contributed by atoms with Crippen LogP contribution in [0.5, 0.6) is 0 Å². The summed E-state index contributed by atoms with van der Waals surface area (Å²) in [5.41, 5.74) is 3.02. The molecule has 0 spiro atoms. The van der Waals surface area contributed by atoms with Crippen LogP contribution in [0.3, 0.4) is 0 Å². The van der Waals surface area contributed by atoms with Crippen molar-refractivity contribution in [2.45, 2.75) is 13.5 Å². The van der Waals surface area contributed by atoms with Gasteiger partial charge in [-0.05, 0) is 36.6 Å². The largest absolute Gasteiger partial charge is 0.321 e. The van der Waals surface area contributed by atoms with Crippen LogP contribution in [0.15, 0.2) is 60.7 Å². The number of rotatable bonds is 3. The molecule has 118 valence electrons. The molecule has 0 fully saturated rings. The van der Waals surface area contributed by atoms with Crippen LogP contribution in [0.2, 0.25) is 0 Å². The lowest BCUT2D eigenvalue weighted by Gasteiger charge is -2.09. The van der Waals surface area contributed by atoms with Crippen molar-refractivity contribution in [1.82, 2.24) is 15.0 Å². The van der Waals surface area contributed by atoms with Crippen molar-refractivity contribution in [2.24, 2.45) is 0 Å². The average Bonchev–Trinajstić information content (AvgIpc) is 3.04. The quantitative estimate of drug-likeness (QED) is 0.624. The van der Waals surface area contributed by atoms with Crippen LogP contribution in [0.1, 0.15) is 17.3 Å². The summed E-state index contributed by atoms with van der Waals surface area (Å²) in [6, 6.07) is 19.3. The van der Waals surface area contributed by atoms with Gasteiger partial charge in [0.1, 0.15) is 5.52 Å². The number of nitrogens with zero attached hydrogens (tertiary/aromatic N) is 3. The molecular formula is C19H16N4O. The molecule has 1 heterocycles. The minimum Gasteiger partial charge on any atom is -0.321 e. The number of carbonyl (C=O) groups is 1. The molecule has 3 aromatic carbocycles. The van der Waals surface area contributed by atoms with E-state index in [4.69, 9.17) is 0 Å². The highest BCUT2D eigenvalue weighted by atomic mass is 16.1. The fraction of sp³-hybridized carbons (Fsp3) is 0.105. The number of carbonyl (C=O) groups excluding carboxylic acids is 1. The van der Waals surface area contributed by atoms with Crippen molar-refractivity contribution < 1.29 is 4.79 Å². The highest BCUT2D eigenvalue weighted by molar-refractivity contribution is 6.10. The van der Waals surface area contributed by atoms with E-state index >= 15 is 0 Å². The Bertz CT molecular complexity index is 1050. The SMILES string of the molecule is CCn1nnc2cc(C(=O)Nc3cccc4ccccc34)ccc21. The fourth-order valence-corrected chi connectivity index (χ4v) is 2.88. The van der Waals surface area contributed by atoms with Crippen LogP contribution in [0.4, 0.5) is 5.69 Å². The van der Waals surface area contributed by atoms with E-state index in [1.807, 2.05) is 60.1 Å². The van der Waals surface area contributed by atoms with Gasteiger partial charge in [-0.2, -0.15) is 0 Å². The number of aromatic nitrogens is 3. The van der Waals surface area contributed by atoms with E-state index in [0.717, 1.165) is 34.0 Å². The van der Waals surface area contributed by atoms with E-state index in [2.05, 4.69) is 15.6 Å². The van der Waals surface area contributed by atoms with Crippen molar-refractivity contribution in [3.8, 4) is 0 Å². The lowest BCUT2D eigenvalue weighted by molar-refractivity contribution is 0.102. The molecular weight excluding hydrogens is 300 g/mol. The van der Waals surface area contributed by atoms with E-state index in [-0.39, 0.29) is 5.91 Å². The standard InChI is InChI=1S/C19H16N4O/c1-2-23-18-11-10-14(12-17(18)21-22-23)19(24)20-16-9-5-7-13-6-3-4-8-15(13)16/h3-12H,2H2,1H3,(H,20,24). The molecule has 4 rings (SSSR count). The molecule has 1 amide bonds. The minimum absolute atomic E-state index is 0.153. The van der Waals surface area contributed by atoms with Crippen LogP contribution in [-0.2, 0) is 6.54 Å². The monoisotopic (exact) mass is 316 g/mol. The van der Waals surface area contributed by atoms with Gasteiger partial charge >= 0.3 is 0 Å². The number of hydrogen-bond donors (Lipinski definition) is 1. The lowest BCUT2D eigenvalue weighted by atomic mass is 10.1. The van der Waals surface area contributed by atoms with E-state index in [1.54, 1.807) is 12.1 Å². The molecule has 1 N–H and O–H groups in total. The van der Waals surface area contributed by atoms with Gasteiger partial charge in [0.2, 0.25) is 0 Å². The van der Waals surface area contributed by atoms with Crippen molar-refractivity contribution in [3.05, 3.63) is 66.2 Å². The Labute approximate surface area is 138 Å². The third kappa shape index (κ3) is 2.40. The number of anilines is 1. The molecule has 0 aliphatic heterocycles. The first kappa shape index (κ1) is 14.4. The van der Waals surface area contributed by atoms with Gasteiger partial charge in [-0.1, -0.05) is 41.6 Å². The second-order valence-electron chi connectivity index (χ2n) is 5.59. The summed E-state index contributed by atoms with van der Waals surface area (Å²) < 4.78 is 1.81. The second kappa shape index (κ2) is 5.77. The Hall–Kier alpha value is -3.21. The van der Waals surface area contributed by atoms with Crippen LogP contribution in [-0.4, -0.2) is 20.9 Å². The summed E-state index contributed by atoms with van der Waals surface area (Å²) in [6.45, 7) is 2.76. The Morgan fingerprint density at radius 2 is 1.92 bits per heavy atom. The number of benzene rings is 3. The normalized spacial score (nSPS) is 11.0. The lowest BCUT2D eigenvalue weighted by Crippen LogP contribution is -2.12. The van der Waals surface area contributed by atoms with Gasteiger partial charge in [0.15, 0.2) is 0 Å². The van der Waals surface area contributed by atoms with E-state index in [9.17, 15) is 4.79 Å². The maximum atomic E-state index is 12.6. The summed E-state index contributed by atoms with van der Waals surface area (Å²) in [6.07, 6.45) is 0. The molecule has 0 unspecified atom stereocenters. The molecule has 0 aliphatic rings. The molecule has 0 saturated heterocycles. The summed E-state index contributed by atoms with van der Waals surface area (Å²) in [5, 5.41) is 13.3. The number of fused-ring (bicyclic) bond motifs is 2. The highest BCUT2D eigenvalue weighted by Gasteiger charge is 2.11. The predicted molar refractivity (Wildman–Crippen MR) is 95.1 cm³/mol. The first-order valence-electron chi connectivity index (χ1n) is 7.88. The number of aryl methyl sites for hydroxylation is 1. The second-order valence-corrected chi connectivity index (χ2v) is 5.59. The minimum atomic E-state index is -0.153. The molecule has 0 aliphatic carbocycles. The van der Waals surface area contributed by atoms with Gasteiger partial charge in [0.25, 0.3) is 5.91 Å². The van der Waals surface area contributed by atoms with Gasteiger partial charge in [-0.25, -0.2) is 4.68 Å². The van der Waals surface area contributed by atoms with Gasteiger partial charge in [-0.15, -0.1) is 5.10 Å². The molecule has 5 heteroatoms. The third-order valence-corrected chi connectivity index (χ3v) is 4.11. The Kier molecular flexibility index (Phi) is 3.46. The zero-order valence-electron chi connectivity index (χ0n) is 13.2. The molecule has 0 saturated carbocycles. The maximum Gasteiger partial charge on any atom is 0.255 e. The maximum absolute atomic E-state index is 12.6. The third-order valence-electron chi connectivity index (χ3n) is 4.11. The van der Waals surface area contributed by atoms with Crippen molar-refractivity contribution in [1.29, 1.82) is 0 Å². The van der Waals surface area contributed by atoms with Crippen molar-refractivity contribution in [3.63, 3.8) is 0 Å². The Balaban J connectivity index is 1.68. The van der Waals surface area contributed by atoms with Crippen LogP contribution in [0.25, 0.3) is 21.8 Å². The summed E-state index contributed by atoms with van der Waals surface area (Å²) in [7, 11) is 0. The van der Waals surface area contributed by atoms with Gasteiger partial charge in [0.05, 0.1) is 5.52 Å². The molecule has 4 aromatic rings. The first-order chi connectivity index (χ1) is 11.8. The van der Waals surface area contributed by atoms with E-state index in [1.165, 1.54) is 0 Å².